The first-order valence-corrected chi connectivity index (χ1v) is 11.3. The number of carbonyl (C=O) groups is 4. The van der Waals surface area contributed by atoms with Crippen molar-refractivity contribution in [3.63, 3.8) is 0 Å². The van der Waals surface area contributed by atoms with Crippen LogP contribution in [-0.2, 0) is 38.1 Å². The predicted octanol–water partition coefficient (Wildman–Crippen LogP) is -0.857. The van der Waals surface area contributed by atoms with Crippen LogP contribution in [0, 0.1) is 0 Å². The van der Waals surface area contributed by atoms with Crippen LogP contribution in [0.25, 0.3) is 0 Å². The van der Waals surface area contributed by atoms with Crippen molar-refractivity contribution in [2.24, 2.45) is 0 Å². The predicted molar refractivity (Wildman–Crippen MR) is 118 cm³/mol. The number of imide groups is 1. The minimum Gasteiger partial charge on any atom is -0.379 e. The van der Waals surface area contributed by atoms with Crippen molar-refractivity contribution in [3.05, 3.63) is 0 Å². The van der Waals surface area contributed by atoms with Gasteiger partial charge in [-0.3, -0.25) is 24.1 Å². The van der Waals surface area contributed by atoms with Crippen LogP contribution >= 0.6 is 12.6 Å². The molecular weight excluding hydrogens is 442 g/mol. The monoisotopic (exact) mass is 477 g/mol. The fraction of sp³-hybridized carbons (Fsp3) is 0.800. The maximum atomic E-state index is 11.7. The van der Waals surface area contributed by atoms with E-state index in [0.717, 1.165) is 11.3 Å². The van der Waals surface area contributed by atoms with Crippen molar-refractivity contribution >= 4 is 36.3 Å². The summed E-state index contributed by atoms with van der Waals surface area (Å²) in [6.45, 7) is 5.23. The summed E-state index contributed by atoms with van der Waals surface area (Å²) >= 11 is 4.05. The van der Waals surface area contributed by atoms with Crippen molar-refractivity contribution < 1.29 is 38.1 Å². The number of hydrogen-bond acceptors (Lipinski definition) is 9. The number of carbonyl (C=O) groups excluding carboxylic acids is 4. The number of nitrogens with zero attached hydrogens (tertiary/aromatic N) is 1. The quantitative estimate of drug-likeness (QED) is 0.124. The molecule has 1 aliphatic rings. The third-order valence-corrected chi connectivity index (χ3v) is 4.67. The van der Waals surface area contributed by atoms with Gasteiger partial charge in [0.15, 0.2) is 0 Å². The van der Waals surface area contributed by atoms with E-state index in [9.17, 15) is 19.2 Å². The Kier molecular flexibility index (Phi) is 15.7. The smallest absolute Gasteiger partial charge is 0.246 e. The SMILES string of the molecule is CCCNC(=O)CCOCCNC(=O)COCCOCCOCCN1C(=O)CC(S)C1=O. The second-order valence-electron chi connectivity index (χ2n) is 6.94. The Morgan fingerprint density at radius 1 is 0.906 bits per heavy atom. The zero-order valence-electron chi connectivity index (χ0n) is 18.6. The van der Waals surface area contributed by atoms with Crippen LogP contribution in [0.1, 0.15) is 26.2 Å². The molecule has 2 N–H and O–H groups in total. The highest BCUT2D eigenvalue weighted by molar-refractivity contribution is 7.81. The summed E-state index contributed by atoms with van der Waals surface area (Å²) in [5.41, 5.74) is 0. The second kappa shape index (κ2) is 17.8. The van der Waals surface area contributed by atoms with Gasteiger partial charge in [-0.25, -0.2) is 0 Å². The van der Waals surface area contributed by atoms with Gasteiger partial charge in [0.25, 0.3) is 0 Å². The molecule has 0 aliphatic carbocycles. The fourth-order valence-electron chi connectivity index (χ4n) is 2.59. The van der Waals surface area contributed by atoms with E-state index in [0.29, 0.717) is 52.5 Å². The minimum absolute atomic E-state index is 0.0416. The van der Waals surface area contributed by atoms with E-state index in [4.69, 9.17) is 18.9 Å². The normalized spacial score (nSPS) is 15.9. The fourth-order valence-corrected chi connectivity index (χ4v) is 2.89. The van der Waals surface area contributed by atoms with Crippen LogP contribution in [0.4, 0.5) is 0 Å². The van der Waals surface area contributed by atoms with Crippen molar-refractivity contribution in [3.8, 4) is 0 Å². The van der Waals surface area contributed by atoms with Crippen molar-refractivity contribution in [2.45, 2.75) is 31.4 Å². The summed E-state index contributed by atoms with van der Waals surface area (Å²) < 4.78 is 21.2. The second-order valence-corrected chi connectivity index (χ2v) is 7.57. The van der Waals surface area contributed by atoms with Crippen LogP contribution < -0.4 is 10.6 Å². The van der Waals surface area contributed by atoms with E-state index in [1.165, 1.54) is 0 Å². The van der Waals surface area contributed by atoms with Gasteiger partial charge in [0, 0.05) is 25.9 Å². The van der Waals surface area contributed by atoms with Crippen LogP contribution in [0.15, 0.2) is 0 Å². The van der Waals surface area contributed by atoms with E-state index >= 15 is 0 Å². The molecule has 12 heteroatoms. The molecule has 4 amide bonds. The Morgan fingerprint density at radius 2 is 1.53 bits per heavy atom. The van der Waals surface area contributed by atoms with Gasteiger partial charge in [0.05, 0.1) is 58.0 Å². The lowest BCUT2D eigenvalue weighted by Crippen LogP contribution is -2.34. The lowest BCUT2D eigenvalue weighted by molar-refractivity contribution is -0.139. The Morgan fingerprint density at radius 3 is 2.19 bits per heavy atom. The molecule has 0 radical (unpaired) electrons. The first kappa shape index (κ1) is 28.3. The zero-order chi connectivity index (χ0) is 23.6. The summed E-state index contributed by atoms with van der Waals surface area (Å²) in [6, 6.07) is 0. The standard InChI is InChI=1S/C20H35N3O8S/c1-2-4-21-17(24)3-7-28-8-5-22-18(25)15-31-13-12-30-11-10-29-9-6-23-19(26)14-16(32)20(23)27/h16,32H,2-15H2,1H3,(H,21,24)(H,22,25). The lowest BCUT2D eigenvalue weighted by Gasteiger charge is -2.14. The van der Waals surface area contributed by atoms with Crippen molar-refractivity contribution in [1.29, 1.82) is 0 Å². The van der Waals surface area contributed by atoms with Crippen LogP contribution in [0.5, 0.6) is 0 Å². The highest BCUT2D eigenvalue weighted by Gasteiger charge is 2.35. The molecule has 1 saturated heterocycles. The van der Waals surface area contributed by atoms with Gasteiger partial charge < -0.3 is 29.6 Å². The highest BCUT2D eigenvalue weighted by Crippen LogP contribution is 2.17. The molecule has 11 nitrogen and oxygen atoms in total. The summed E-state index contributed by atoms with van der Waals surface area (Å²) in [5, 5.41) is 4.87. The molecule has 184 valence electrons. The number of nitrogens with one attached hydrogen (secondary N) is 2. The van der Waals surface area contributed by atoms with Crippen molar-refractivity contribution in [2.75, 3.05) is 72.5 Å². The zero-order valence-corrected chi connectivity index (χ0v) is 19.5. The molecule has 1 rings (SSSR count). The molecule has 1 unspecified atom stereocenters. The topological polar surface area (TPSA) is 132 Å². The summed E-state index contributed by atoms with van der Waals surface area (Å²) in [6.07, 6.45) is 1.33. The molecule has 1 heterocycles. The molecule has 0 aromatic heterocycles. The highest BCUT2D eigenvalue weighted by atomic mass is 32.1. The van der Waals surface area contributed by atoms with Gasteiger partial charge in [-0.15, -0.1) is 0 Å². The molecule has 0 aromatic carbocycles. The maximum absolute atomic E-state index is 11.7. The van der Waals surface area contributed by atoms with Gasteiger partial charge in [-0.05, 0) is 6.42 Å². The van der Waals surface area contributed by atoms with Crippen molar-refractivity contribution in [1.82, 2.24) is 15.5 Å². The molecule has 1 atom stereocenters. The van der Waals surface area contributed by atoms with E-state index < -0.39 is 5.25 Å². The molecule has 1 aliphatic heterocycles. The average Bonchev–Trinajstić information content (AvgIpc) is 3.01. The van der Waals surface area contributed by atoms with Gasteiger partial charge in [0.2, 0.25) is 23.6 Å². The van der Waals surface area contributed by atoms with E-state index in [2.05, 4.69) is 23.3 Å². The van der Waals surface area contributed by atoms with Crippen LogP contribution in [0.3, 0.4) is 0 Å². The van der Waals surface area contributed by atoms with Crippen LogP contribution in [0.2, 0.25) is 0 Å². The molecule has 32 heavy (non-hydrogen) atoms. The summed E-state index contributed by atoms with van der Waals surface area (Å²) in [4.78, 5) is 47.4. The Hall–Kier alpha value is -1.73. The third-order valence-electron chi connectivity index (χ3n) is 4.27. The number of likely N-dealkylation sites (tertiary alicyclic amines) is 1. The molecule has 0 bridgehead atoms. The molecular formula is C20H35N3O8S. The third kappa shape index (κ3) is 13.0. The largest absolute Gasteiger partial charge is 0.379 e. The Bertz CT molecular complexity index is 593. The molecule has 0 aromatic rings. The van der Waals surface area contributed by atoms with E-state index in [1.807, 2.05) is 6.92 Å². The minimum atomic E-state index is -0.545. The summed E-state index contributed by atoms with van der Waals surface area (Å²) in [5.74, 6) is -0.804. The number of rotatable bonds is 19. The van der Waals surface area contributed by atoms with Crippen LogP contribution in [-0.4, -0.2) is 106 Å². The van der Waals surface area contributed by atoms with E-state index in [1.54, 1.807) is 0 Å². The number of amides is 4. The van der Waals surface area contributed by atoms with Gasteiger partial charge >= 0.3 is 0 Å². The lowest BCUT2D eigenvalue weighted by atomic mass is 10.4. The maximum Gasteiger partial charge on any atom is 0.246 e. The Labute approximate surface area is 194 Å². The average molecular weight is 478 g/mol. The Balaban J connectivity index is 1.83. The molecule has 0 spiro atoms. The van der Waals surface area contributed by atoms with Gasteiger partial charge in [-0.2, -0.15) is 12.6 Å². The molecule has 0 saturated carbocycles. The van der Waals surface area contributed by atoms with Gasteiger partial charge in [0.1, 0.15) is 6.61 Å². The first-order chi connectivity index (χ1) is 15.5. The number of hydrogen-bond donors (Lipinski definition) is 3. The van der Waals surface area contributed by atoms with Gasteiger partial charge in [-0.1, -0.05) is 6.92 Å². The summed E-state index contributed by atoms with van der Waals surface area (Å²) in [7, 11) is 0. The number of ether oxygens (including phenoxy) is 4. The van der Waals surface area contributed by atoms with E-state index in [-0.39, 0.29) is 56.4 Å². The first-order valence-electron chi connectivity index (χ1n) is 10.8. The number of thiol groups is 1. The molecule has 1 fully saturated rings.